The monoisotopic (exact) mass is 351 g/mol. The van der Waals surface area contributed by atoms with Gasteiger partial charge in [0.1, 0.15) is 6.54 Å². The van der Waals surface area contributed by atoms with Gasteiger partial charge in [0.05, 0.1) is 12.2 Å². The third kappa shape index (κ3) is 3.65. The normalized spacial score (nSPS) is 19.0. The molecule has 2 heterocycles. The molecule has 0 aromatic heterocycles. The van der Waals surface area contributed by atoms with Gasteiger partial charge in [-0.1, -0.05) is 11.6 Å². The van der Waals surface area contributed by atoms with Crippen LogP contribution < -0.4 is 9.64 Å². The first kappa shape index (κ1) is 17.0. The maximum absolute atomic E-state index is 12.7. The number of piperidine rings is 1. The van der Waals surface area contributed by atoms with Gasteiger partial charge in [-0.15, -0.1) is 0 Å². The molecule has 7 heteroatoms. The number of carbonyl (C=O) groups excluding carboxylic acids is 2. The third-order valence-corrected chi connectivity index (χ3v) is 5.00. The maximum atomic E-state index is 12.7. The zero-order valence-electron chi connectivity index (χ0n) is 14.0. The van der Waals surface area contributed by atoms with E-state index in [1.807, 2.05) is 11.9 Å². The van der Waals surface area contributed by atoms with Gasteiger partial charge < -0.3 is 19.4 Å². The van der Waals surface area contributed by atoms with E-state index in [2.05, 4.69) is 11.9 Å². The molecule has 130 valence electrons. The highest BCUT2D eigenvalue weighted by atomic mass is 35.5. The standard InChI is InChI=1S/C17H22ClN3O3/c1-19-7-5-13(6-8-19)20(2)16(22)10-21-11-17(23)24-15-4-3-12(18)9-14(15)21/h3-4,9,13H,5-8,10-11H2,1-2H3. The average Bonchev–Trinajstić information content (AvgIpc) is 2.55. The zero-order chi connectivity index (χ0) is 17.3. The van der Waals surface area contributed by atoms with E-state index in [1.165, 1.54) is 0 Å². The van der Waals surface area contributed by atoms with Crippen LogP contribution in [0.2, 0.25) is 5.02 Å². The second-order valence-electron chi connectivity index (χ2n) is 6.48. The number of fused-ring (bicyclic) bond motifs is 1. The van der Waals surface area contributed by atoms with Crippen LogP contribution in [0.4, 0.5) is 5.69 Å². The Kier molecular flexibility index (Phi) is 4.96. The number of ether oxygens (including phenoxy) is 1. The number of likely N-dealkylation sites (N-methyl/N-ethyl adjacent to an activating group) is 1. The van der Waals surface area contributed by atoms with Gasteiger partial charge in [0.25, 0.3) is 0 Å². The maximum Gasteiger partial charge on any atom is 0.331 e. The molecule has 2 aliphatic rings. The molecule has 3 rings (SSSR count). The molecule has 0 unspecified atom stereocenters. The van der Waals surface area contributed by atoms with E-state index in [4.69, 9.17) is 16.3 Å². The Bertz CT molecular complexity index is 644. The van der Waals surface area contributed by atoms with Gasteiger partial charge in [-0.25, -0.2) is 4.79 Å². The summed E-state index contributed by atoms with van der Waals surface area (Å²) in [4.78, 5) is 30.3. The first-order valence-corrected chi connectivity index (χ1v) is 8.51. The Labute approximate surface area is 146 Å². The smallest absolute Gasteiger partial charge is 0.331 e. The number of anilines is 1. The minimum absolute atomic E-state index is 0.00479. The lowest BCUT2D eigenvalue weighted by molar-refractivity contribution is -0.134. The molecule has 1 aromatic carbocycles. The van der Waals surface area contributed by atoms with Crippen molar-refractivity contribution in [3.63, 3.8) is 0 Å². The van der Waals surface area contributed by atoms with Crippen molar-refractivity contribution in [3.8, 4) is 5.75 Å². The van der Waals surface area contributed by atoms with E-state index < -0.39 is 0 Å². The molecule has 6 nitrogen and oxygen atoms in total. The Hall–Kier alpha value is -1.79. The van der Waals surface area contributed by atoms with E-state index in [1.54, 1.807) is 23.1 Å². The van der Waals surface area contributed by atoms with Crippen LogP contribution in [0.5, 0.6) is 5.75 Å². The van der Waals surface area contributed by atoms with Gasteiger partial charge in [-0.2, -0.15) is 0 Å². The van der Waals surface area contributed by atoms with Gasteiger partial charge in [0, 0.05) is 18.1 Å². The van der Waals surface area contributed by atoms with Crippen molar-refractivity contribution in [1.29, 1.82) is 0 Å². The SMILES string of the molecule is CN1CCC(N(C)C(=O)CN2CC(=O)Oc3ccc(Cl)cc32)CC1. The number of rotatable bonds is 3. The molecule has 1 amide bonds. The second-order valence-corrected chi connectivity index (χ2v) is 6.92. The summed E-state index contributed by atoms with van der Waals surface area (Å²) in [6.45, 7) is 2.19. The fourth-order valence-corrected chi connectivity index (χ4v) is 3.39. The first-order valence-electron chi connectivity index (χ1n) is 8.13. The fourth-order valence-electron chi connectivity index (χ4n) is 3.22. The molecule has 0 N–H and O–H groups in total. The number of benzene rings is 1. The largest absolute Gasteiger partial charge is 0.423 e. The summed E-state index contributed by atoms with van der Waals surface area (Å²) in [5.41, 5.74) is 0.687. The molecule has 2 aliphatic heterocycles. The highest BCUT2D eigenvalue weighted by Gasteiger charge is 2.29. The number of amides is 1. The van der Waals surface area contributed by atoms with Crippen molar-refractivity contribution in [3.05, 3.63) is 23.2 Å². The Morgan fingerprint density at radius 3 is 2.79 bits per heavy atom. The van der Waals surface area contributed by atoms with Crippen molar-refractivity contribution in [2.75, 3.05) is 45.2 Å². The highest BCUT2D eigenvalue weighted by Crippen LogP contribution is 2.34. The number of nitrogens with zero attached hydrogens (tertiary/aromatic N) is 3. The molecule has 0 spiro atoms. The van der Waals surface area contributed by atoms with Crippen molar-refractivity contribution in [2.24, 2.45) is 0 Å². The van der Waals surface area contributed by atoms with Crippen LogP contribution in [0.25, 0.3) is 0 Å². The van der Waals surface area contributed by atoms with Crippen LogP contribution >= 0.6 is 11.6 Å². The van der Waals surface area contributed by atoms with Crippen LogP contribution in [-0.4, -0.2) is 68.0 Å². The number of hydrogen-bond donors (Lipinski definition) is 0. The third-order valence-electron chi connectivity index (χ3n) is 4.76. The van der Waals surface area contributed by atoms with E-state index in [0.29, 0.717) is 16.5 Å². The zero-order valence-corrected chi connectivity index (χ0v) is 14.8. The number of carbonyl (C=O) groups is 2. The Morgan fingerprint density at radius 2 is 2.08 bits per heavy atom. The van der Waals surface area contributed by atoms with Crippen LogP contribution in [-0.2, 0) is 9.59 Å². The predicted octanol–water partition coefficient (Wildman–Crippen LogP) is 1.62. The first-order chi connectivity index (χ1) is 11.4. The quantitative estimate of drug-likeness (QED) is 0.612. The van der Waals surface area contributed by atoms with Gasteiger partial charge in [-0.3, -0.25) is 4.79 Å². The summed E-state index contributed by atoms with van der Waals surface area (Å²) >= 11 is 6.05. The molecule has 0 radical (unpaired) electrons. The number of likely N-dealkylation sites (tertiary alicyclic amines) is 1. The lowest BCUT2D eigenvalue weighted by Gasteiger charge is -2.37. The van der Waals surface area contributed by atoms with E-state index in [-0.39, 0.29) is 31.0 Å². The van der Waals surface area contributed by atoms with Crippen LogP contribution in [0.1, 0.15) is 12.8 Å². The fraction of sp³-hybridized carbons (Fsp3) is 0.529. The molecule has 24 heavy (non-hydrogen) atoms. The van der Waals surface area contributed by atoms with Gasteiger partial charge in [0.15, 0.2) is 5.75 Å². The number of halogens is 1. The summed E-state index contributed by atoms with van der Waals surface area (Å²) in [5.74, 6) is 0.0927. The summed E-state index contributed by atoms with van der Waals surface area (Å²) in [7, 11) is 3.94. The lowest BCUT2D eigenvalue weighted by Crippen LogP contribution is -2.49. The van der Waals surface area contributed by atoms with Crippen LogP contribution in [0.15, 0.2) is 18.2 Å². The van der Waals surface area contributed by atoms with Gasteiger partial charge in [-0.05, 0) is 51.2 Å². The second kappa shape index (κ2) is 6.99. The summed E-state index contributed by atoms with van der Waals surface area (Å²) in [5, 5.41) is 0.549. The van der Waals surface area contributed by atoms with Crippen molar-refractivity contribution in [2.45, 2.75) is 18.9 Å². The van der Waals surface area contributed by atoms with E-state index in [9.17, 15) is 9.59 Å². The minimum Gasteiger partial charge on any atom is -0.423 e. The summed E-state index contributed by atoms with van der Waals surface area (Å²) in [6.07, 6.45) is 1.95. The molecule has 0 saturated carbocycles. The topological polar surface area (TPSA) is 53.1 Å². The number of esters is 1. The van der Waals surface area contributed by atoms with E-state index in [0.717, 1.165) is 25.9 Å². The predicted molar refractivity (Wildman–Crippen MR) is 92.6 cm³/mol. The van der Waals surface area contributed by atoms with Gasteiger partial charge in [0.2, 0.25) is 5.91 Å². The molecule has 1 fully saturated rings. The van der Waals surface area contributed by atoms with Crippen molar-refractivity contribution >= 4 is 29.2 Å². The molecular weight excluding hydrogens is 330 g/mol. The molecule has 0 aliphatic carbocycles. The van der Waals surface area contributed by atoms with Gasteiger partial charge >= 0.3 is 5.97 Å². The molecular formula is C17H22ClN3O3. The van der Waals surface area contributed by atoms with Crippen LogP contribution in [0.3, 0.4) is 0 Å². The average molecular weight is 352 g/mol. The lowest BCUT2D eigenvalue weighted by atomic mass is 10.0. The van der Waals surface area contributed by atoms with Crippen molar-refractivity contribution in [1.82, 2.24) is 9.80 Å². The minimum atomic E-state index is -0.362. The van der Waals surface area contributed by atoms with E-state index >= 15 is 0 Å². The summed E-state index contributed by atoms with van der Waals surface area (Å²) in [6, 6.07) is 5.31. The summed E-state index contributed by atoms with van der Waals surface area (Å²) < 4.78 is 5.22. The van der Waals surface area contributed by atoms with Crippen LogP contribution in [0, 0.1) is 0 Å². The number of hydrogen-bond acceptors (Lipinski definition) is 5. The Morgan fingerprint density at radius 1 is 1.38 bits per heavy atom. The molecule has 1 aromatic rings. The molecule has 1 saturated heterocycles. The van der Waals surface area contributed by atoms with Crippen molar-refractivity contribution < 1.29 is 14.3 Å². The highest BCUT2D eigenvalue weighted by molar-refractivity contribution is 6.31. The Balaban J connectivity index is 1.70. The molecule has 0 atom stereocenters. The molecule has 0 bridgehead atoms.